The van der Waals surface area contributed by atoms with Crippen molar-refractivity contribution in [2.75, 3.05) is 5.32 Å². The molecule has 0 aliphatic carbocycles. The molecule has 1 rings (SSSR count). The van der Waals surface area contributed by atoms with E-state index >= 15 is 0 Å². The van der Waals surface area contributed by atoms with Gasteiger partial charge >= 0.3 is 0 Å². The van der Waals surface area contributed by atoms with Crippen molar-refractivity contribution in [3.05, 3.63) is 27.3 Å². The van der Waals surface area contributed by atoms with Gasteiger partial charge in [0.05, 0.1) is 0 Å². The first-order valence-corrected chi connectivity index (χ1v) is 5.29. The summed E-state index contributed by atoms with van der Waals surface area (Å²) >= 11 is 2.22. The van der Waals surface area contributed by atoms with E-state index in [0.717, 1.165) is 14.8 Å². The molecule has 15 heavy (non-hydrogen) atoms. The number of hydrogen-bond donors (Lipinski definition) is 5. The number of nitrogens with two attached hydrogens (primary N) is 1. The highest BCUT2D eigenvalue weighted by Crippen LogP contribution is 2.17. The van der Waals surface area contributed by atoms with Crippen molar-refractivity contribution in [3.63, 3.8) is 0 Å². The van der Waals surface area contributed by atoms with E-state index in [0.29, 0.717) is 0 Å². The molecule has 0 aliphatic rings. The molecule has 0 heterocycles. The molecule has 0 atom stereocenters. The Labute approximate surface area is 102 Å². The molecule has 0 bridgehead atoms. The minimum absolute atomic E-state index is 0.00759. The fraction of sp³-hybridized carbons (Fsp3) is 0.111. The number of benzene rings is 1. The first-order chi connectivity index (χ1) is 6.99. The third kappa shape index (κ3) is 3.74. The van der Waals surface area contributed by atoms with Crippen LogP contribution in [0, 0.1) is 21.3 Å². The zero-order chi connectivity index (χ0) is 11.4. The van der Waals surface area contributed by atoms with E-state index in [9.17, 15) is 0 Å². The molecule has 6 heteroatoms. The van der Waals surface area contributed by atoms with Crippen LogP contribution in [0.5, 0.6) is 0 Å². The number of rotatable bonds is 1. The fourth-order valence-electron chi connectivity index (χ4n) is 1.07. The van der Waals surface area contributed by atoms with Gasteiger partial charge in [0.2, 0.25) is 0 Å². The Kier molecular flexibility index (Phi) is 3.89. The van der Waals surface area contributed by atoms with Crippen LogP contribution in [0.4, 0.5) is 5.69 Å². The predicted molar refractivity (Wildman–Crippen MR) is 70.3 cm³/mol. The van der Waals surface area contributed by atoms with E-state index in [1.54, 1.807) is 0 Å². The third-order valence-electron chi connectivity index (χ3n) is 1.71. The highest BCUT2D eigenvalue weighted by atomic mass is 127. The molecule has 0 radical (unpaired) electrons. The van der Waals surface area contributed by atoms with E-state index in [4.69, 9.17) is 16.6 Å². The van der Waals surface area contributed by atoms with Gasteiger partial charge in [0.1, 0.15) is 0 Å². The van der Waals surface area contributed by atoms with Crippen LogP contribution in [-0.2, 0) is 0 Å². The Bertz CT molecular complexity index is 401. The average molecular weight is 317 g/mol. The van der Waals surface area contributed by atoms with E-state index < -0.39 is 0 Å². The van der Waals surface area contributed by atoms with Crippen molar-refractivity contribution < 1.29 is 0 Å². The molecule has 0 saturated heterocycles. The molecule has 0 saturated carbocycles. The fourth-order valence-corrected chi connectivity index (χ4v) is 1.71. The van der Waals surface area contributed by atoms with Crippen molar-refractivity contribution in [1.82, 2.24) is 5.32 Å². The maximum absolute atomic E-state index is 7.46. The van der Waals surface area contributed by atoms with Gasteiger partial charge in [-0.3, -0.25) is 16.1 Å². The molecule has 1 aromatic carbocycles. The van der Waals surface area contributed by atoms with Crippen molar-refractivity contribution in [2.24, 2.45) is 5.73 Å². The number of guanidine groups is 2. The van der Waals surface area contributed by atoms with Crippen LogP contribution in [0.15, 0.2) is 18.2 Å². The topological polar surface area (TPSA) is 97.8 Å². The zero-order valence-electron chi connectivity index (χ0n) is 8.19. The first kappa shape index (κ1) is 11.8. The van der Waals surface area contributed by atoms with Crippen LogP contribution in [0.1, 0.15) is 5.56 Å². The largest absolute Gasteiger partial charge is 0.370 e. The lowest BCUT2D eigenvalue weighted by atomic mass is 10.2. The molecule has 1 aromatic rings. The second-order valence-electron chi connectivity index (χ2n) is 3.00. The lowest BCUT2D eigenvalue weighted by Gasteiger charge is -2.11. The Hall–Kier alpha value is -1.31. The van der Waals surface area contributed by atoms with Gasteiger partial charge in [0.15, 0.2) is 11.9 Å². The van der Waals surface area contributed by atoms with Crippen molar-refractivity contribution in [3.8, 4) is 0 Å². The maximum atomic E-state index is 7.46. The predicted octanol–water partition coefficient (Wildman–Crippen LogP) is 1.43. The summed E-state index contributed by atoms with van der Waals surface area (Å²) < 4.78 is 1.14. The number of hydrogen-bond acceptors (Lipinski definition) is 2. The van der Waals surface area contributed by atoms with E-state index in [1.807, 2.05) is 25.1 Å². The summed E-state index contributed by atoms with van der Waals surface area (Å²) in [6.45, 7) is 1.95. The minimum Gasteiger partial charge on any atom is -0.370 e. The Morgan fingerprint density at radius 2 is 2.07 bits per heavy atom. The summed E-state index contributed by atoms with van der Waals surface area (Å²) in [7, 11) is 0. The minimum atomic E-state index is -0.254. The summed E-state index contributed by atoms with van der Waals surface area (Å²) in [4.78, 5) is 0. The van der Waals surface area contributed by atoms with Gasteiger partial charge in [0.25, 0.3) is 0 Å². The Morgan fingerprint density at radius 1 is 1.40 bits per heavy atom. The third-order valence-corrected chi connectivity index (χ3v) is 2.38. The smallest absolute Gasteiger partial charge is 0.199 e. The highest BCUT2D eigenvalue weighted by Gasteiger charge is 2.01. The molecule has 0 aliphatic heterocycles. The molecular formula is C9H12IN5. The molecular weight excluding hydrogens is 305 g/mol. The molecule has 0 spiro atoms. The van der Waals surface area contributed by atoms with Gasteiger partial charge in [-0.2, -0.15) is 0 Å². The van der Waals surface area contributed by atoms with E-state index in [-0.39, 0.29) is 11.9 Å². The van der Waals surface area contributed by atoms with Crippen molar-refractivity contribution >= 4 is 40.2 Å². The Balaban J connectivity index is 2.72. The second kappa shape index (κ2) is 4.96. The van der Waals surface area contributed by atoms with Gasteiger partial charge in [0, 0.05) is 9.26 Å². The van der Waals surface area contributed by atoms with E-state index in [1.165, 1.54) is 0 Å². The average Bonchev–Trinajstić information content (AvgIpc) is 2.08. The van der Waals surface area contributed by atoms with Crippen molar-refractivity contribution in [2.45, 2.75) is 6.92 Å². The van der Waals surface area contributed by atoms with Gasteiger partial charge in [-0.15, -0.1) is 0 Å². The highest BCUT2D eigenvalue weighted by molar-refractivity contribution is 14.1. The lowest BCUT2D eigenvalue weighted by Crippen LogP contribution is -2.39. The number of aryl methyl sites for hydroxylation is 1. The summed E-state index contributed by atoms with van der Waals surface area (Å²) in [5.74, 6) is -0.262. The number of nitrogens with one attached hydrogen (secondary N) is 4. The number of halogens is 1. The van der Waals surface area contributed by atoms with Gasteiger partial charge in [-0.25, -0.2) is 0 Å². The Morgan fingerprint density at radius 3 is 2.60 bits per heavy atom. The summed E-state index contributed by atoms with van der Waals surface area (Å²) in [6, 6.07) is 5.83. The zero-order valence-corrected chi connectivity index (χ0v) is 10.3. The monoisotopic (exact) mass is 317 g/mol. The first-order valence-electron chi connectivity index (χ1n) is 4.22. The van der Waals surface area contributed by atoms with Crippen LogP contribution in [0.25, 0.3) is 0 Å². The summed E-state index contributed by atoms with van der Waals surface area (Å²) in [5.41, 5.74) is 6.97. The molecule has 80 valence electrons. The number of anilines is 1. The molecule has 0 fully saturated rings. The van der Waals surface area contributed by atoms with Crippen LogP contribution in [0.3, 0.4) is 0 Å². The molecule has 6 N–H and O–H groups in total. The molecule has 0 amide bonds. The van der Waals surface area contributed by atoms with Crippen LogP contribution in [0.2, 0.25) is 0 Å². The molecule has 0 aromatic heterocycles. The van der Waals surface area contributed by atoms with Crippen LogP contribution >= 0.6 is 22.6 Å². The van der Waals surface area contributed by atoms with Crippen molar-refractivity contribution in [1.29, 1.82) is 10.8 Å². The standard InChI is InChI=1S/C9H12IN5/c1-5-4-6(10)2-3-7(5)14-9(13)15-8(11)12/h2-4H,1H3,(H6,11,12,13,14,15). The van der Waals surface area contributed by atoms with Gasteiger partial charge in [-0.05, 0) is 53.3 Å². The SMILES string of the molecule is Cc1cc(I)ccc1NC(=N)NC(=N)N. The quantitative estimate of drug-likeness (QED) is 0.308. The normalized spacial score (nSPS) is 9.47. The van der Waals surface area contributed by atoms with Gasteiger partial charge < -0.3 is 11.1 Å². The molecule has 0 unspecified atom stereocenters. The lowest BCUT2D eigenvalue weighted by molar-refractivity contribution is 1.20. The summed E-state index contributed by atoms with van der Waals surface area (Å²) in [5, 5.41) is 19.6. The second-order valence-corrected chi connectivity index (χ2v) is 4.24. The summed E-state index contributed by atoms with van der Waals surface area (Å²) in [6.07, 6.45) is 0. The van der Waals surface area contributed by atoms with Crippen LogP contribution in [-0.4, -0.2) is 11.9 Å². The maximum Gasteiger partial charge on any atom is 0.199 e. The van der Waals surface area contributed by atoms with Gasteiger partial charge in [-0.1, -0.05) is 0 Å². The van der Waals surface area contributed by atoms with Crippen LogP contribution < -0.4 is 16.4 Å². The van der Waals surface area contributed by atoms with E-state index in [2.05, 4.69) is 33.2 Å². The molecule has 5 nitrogen and oxygen atoms in total.